The Bertz CT molecular complexity index is 4730. The van der Waals surface area contributed by atoms with Gasteiger partial charge < -0.3 is 72.5 Å². The quantitative estimate of drug-likeness (QED) is 0.0341. The molecule has 13 aliphatic heterocycles. The minimum Gasteiger partial charge on any atom is -0.477 e. The number of fused-ring (bicyclic) bond motifs is 1. The Morgan fingerprint density at radius 1 is 0.394 bits per heavy atom. The summed E-state index contributed by atoms with van der Waals surface area (Å²) in [6.45, 7) is 12.5. The summed E-state index contributed by atoms with van der Waals surface area (Å²) in [6, 6.07) is 6.68. The molecule has 33 nitrogen and oxygen atoms in total. The molecule has 0 radical (unpaired) electrons. The van der Waals surface area contributed by atoms with Crippen LogP contribution in [0.5, 0.6) is 0 Å². The number of rotatable bonds is 13. The molecule has 0 N–H and O–H groups in total. The van der Waals surface area contributed by atoms with Crippen LogP contribution < -0.4 is 0 Å². The zero-order valence-electron chi connectivity index (χ0n) is 74.2. The normalized spacial score (nSPS) is 24.0. The van der Waals surface area contributed by atoms with Crippen LogP contribution in [0.4, 0.5) is 4.79 Å². The van der Waals surface area contributed by atoms with Crippen molar-refractivity contribution in [2.75, 3.05) is 184 Å². The number of nitrogens with zero attached hydrogens (tertiary/aromatic N) is 15. The summed E-state index contributed by atoms with van der Waals surface area (Å²) in [4.78, 5) is 168. The first-order chi connectivity index (χ1) is 60.5. The average molecular weight is 1860 g/mol. The molecule has 15 rings (SSSR count). The predicted octanol–water partition coefficient (Wildman–Crippen LogP) is 8.33. The number of benzene rings is 1. The van der Waals surface area contributed by atoms with E-state index in [9.17, 15) is 57.5 Å². The highest BCUT2D eigenvalue weighted by Gasteiger charge is 2.40. The van der Waals surface area contributed by atoms with Crippen LogP contribution in [0.2, 0.25) is 0 Å². The molecule has 13 fully saturated rings. The number of carbonyl (C=O) groups is 12. The molecular formula is C88H109N15O18S6. The lowest BCUT2D eigenvalue weighted by molar-refractivity contribution is -0.146. The smallest absolute Gasteiger partial charge is 0.331 e. The van der Waals surface area contributed by atoms with Gasteiger partial charge in [0.05, 0.1) is 48.2 Å². The second-order valence-electron chi connectivity index (χ2n) is 30.4. The number of hydrogen-bond donors (Lipinski definition) is 0. The van der Waals surface area contributed by atoms with Crippen molar-refractivity contribution in [2.45, 2.75) is 71.6 Å². The molecule has 0 saturated carbocycles. The summed E-state index contributed by atoms with van der Waals surface area (Å²) in [6.07, 6.45) is 33.6. The number of ether oxygens (including phenoxy) is 6. The van der Waals surface area contributed by atoms with Gasteiger partial charge in [0.2, 0.25) is 5.78 Å². The predicted molar refractivity (Wildman–Crippen MR) is 496 cm³/mol. The first kappa shape index (κ1) is 99.3. The Balaban J connectivity index is 0.000000168. The number of cyclic esters (lactones) is 1. The first-order valence-electron chi connectivity index (χ1n) is 41.2. The number of thioether (sulfide) groups is 2. The summed E-state index contributed by atoms with van der Waals surface area (Å²) in [7, 11) is 24.0. The molecule has 680 valence electrons. The molecule has 1 aromatic rings. The Morgan fingerprint density at radius 2 is 0.732 bits per heavy atom. The third-order valence-corrected chi connectivity index (χ3v) is 25.6. The Hall–Kier alpha value is -11.5. The summed E-state index contributed by atoms with van der Waals surface area (Å²) >= 11 is 22.9. The number of imide groups is 1. The van der Waals surface area contributed by atoms with Gasteiger partial charge in [-0.15, -0.1) is 0 Å². The van der Waals surface area contributed by atoms with E-state index in [2.05, 4.69) is 26.6 Å². The van der Waals surface area contributed by atoms with Crippen LogP contribution in [0.25, 0.3) is 0 Å². The zero-order chi connectivity index (χ0) is 92.8. The van der Waals surface area contributed by atoms with E-state index in [1.807, 2.05) is 94.4 Å². The average Bonchev–Trinajstić information content (AvgIpc) is 1.62. The van der Waals surface area contributed by atoms with Crippen molar-refractivity contribution in [1.29, 1.82) is 0 Å². The number of carbonyl (C=O) groups excluding carboxylic acids is 12. The van der Waals surface area contributed by atoms with Gasteiger partial charge >= 0.3 is 23.9 Å². The number of esters is 3. The third kappa shape index (κ3) is 25.5. The van der Waals surface area contributed by atoms with Crippen molar-refractivity contribution in [3.63, 3.8) is 0 Å². The molecule has 0 spiro atoms. The number of likely N-dealkylation sites (N-methyl/N-ethyl adjacent to an activating group) is 9. The second-order valence-corrected chi connectivity index (χ2v) is 34.5. The molecule has 14 aliphatic rings. The van der Waals surface area contributed by atoms with Crippen molar-refractivity contribution in [3.05, 3.63) is 199 Å². The molecule has 1 aliphatic carbocycles. The zero-order valence-corrected chi connectivity index (χ0v) is 79.1. The van der Waals surface area contributed by atoms with Crippen LogP contribution in [0.1, 0.15) is 92.4 Å². The Morgan fingerprint density at radius 3 is 1.05 bits per heavy atom. The van der Waals surface area contributed by atoms with Crippen molar-refractivity contribution >= 4 is 162 Å². The van der Waals surface area contributed by atoms with Gasteiger partial charge in [0, 0.05) is 164 Å². The number of thiocarbonyl (C=S) groups is 4. The van der Waals surface area contributed by atoms with E-state index >= 15 is 0 Å². The molecule has 0 atom stereocenters. The fraction of sp³-hybridized carbons (Fsp3) is 0.432. The number of hydrogen-bond acceptors (Lipinski definition) is 31. The van der Waals surface area contributed by atoms with Crippen molar-refractivity contribution in [3.8, 4) is 0 Å². The maximum Gasteiger partial charge on any atom is 0.331 e. The third-order valence-electron chi connectivity index (χ3n) is 21.7. The molecule has 13 saturated heterocycles. The van der Waals surface area contributed by atoms with Crippen LogP contribution in [0.15, 0.2) is 188 Å². The minimum atomic E-state index is -0.465. The van der Waals surface area contributed by atoms with Gasteiger partial charge in [-0.05, 0) is 163 Å². The number of allylic oxidation sites excluding steroid dienone is 20. The molecule has 0 aromatic heterocycles. The van der Waals surface area contributed by atoms with Gasteiger partial charge in [0.15, 0.2) is 45.2 Å². The highest BCUT2D eigenvalue weighted by Crippen LogP contribution is 2.35. The Kier molecular flexibility index (Phi) is 36.2. The topological polar surface area (TPSA) is 309 Å². The lowest BCUT2D eigenvalue weighted by Crippen LogP contribution is -2.34. The van der Waals surface area contributed by atoms with E-state index < -0.39 is 17.9 Å². The van der Waals surface area contributed by atoms with Crippen LogP contribution in [-0.4, -0.2) is 347 Å². The van der Waals surface area contributed by atoms with Gasteiger partial charge in [0.1, 0.15) is 65.1 Å². The molecule has 0 unspecified atom stereocenters. The summed E-state index contributed by atoms with van der Waals surface area (Å²) in [5, 5.41) is 1.07. The SMILES string of the molecule is CCOC(=O)CN1C(=O)/C(=C\C=C2/CCCN2C)SC1=S.CCOC(=O)CN1C(=O)/C(=C\C=C2/OCCN2C)SC1=S.CN1C(=O)/C(=C\C=C2/CCCN2C)N(C)C1=S.CN1C(=O)/C(=C\C=C2/OCCN2C)N(C)C1=O.CN1C(=O)/C(=C\C=C2/OCCN2C)N(C)C1=S.CN1CCC/C1=C\C=C1C(=O)c2ccccc2C1=O.CN1CCC/C1=C\C=C1\OC(=O)CC1=O. The summed E-state index contributed by atoms with van der Waals surface area (Å²) in [5.74, 6) is -0.446. The molecule has 1 aromatic carbocycles. The van der Waals surface area contributed by atoms with Crippen LogP contribution in [0.3, 0.4) is 0 Å². The molecule has 0 bridgehead atoms. The number of urea groups is 1. The minimum absolute atomic E-state index is 0.0324. The largest absolute Gasteiger partial charge is 0.477 e. The van der Waals surface area contributed by atoms with E-state index in [-0.39, 0.29) is 90.4 Å². The van der Waals surface area contributed by atoms with E-state index in [1.165, 1.54) is 84.3 Å². The van der Waals surface area contributed by atoms with Crippen molar-refractivity contribution in [1.82, 2.24) is 73.5 Å². The van der Waals surface area contributed by atoms with Crippen LogP contribution in [0, 0.1) is 0 Å². The molecule has 127 heavy (non-hydrogen) atoms. The van der Waals surface area contributed by atoms with Gasteiger partial charge in [-0.2, -0.15) is 0 Å². The van der Waals surface area contributed by atoms with Crippen LogP contribution in [-0.2, 0) is 71.6 Å². The highest BCUT2D eigenvalue weighted by molar-refractivity contribution is 8.27. The molecule has 13 heterocycles. The fourth-order valence-electron chi connectivity index (χ4n) is 14.1. The van der Waals surface area contributed by atoms with Gasteiger partial charge in [0.25, 0.3) is 29.5 Å². The number of Topliss-reactive ketones (excluding diaryl/α,β-unsaturated/α-hetero) is 3. The number of ketones is 3. The fourth-order valence-corrected chi connectivity index (χ4v) is 16.8. The highest BCUT2D eigenvalue weighted by atomic mass is 32.2. The summed E-state index contributed by atoms with van der Waals surface area (Å²) in [5.41, 5.74) is 7.75. The first-order valence-corrected chi connectivity index (χ1v) is 44.5. The standard InChI is InChI=1S/C16H15NO2.C14H18N2O3S2.C13H16N2O4S2.C12H17N3OS.C11H15N3O3.C11H15N3O2S.C11H13NO3/c1-17-10-4-5-11(17)8-9-14-15(18)12-6-2-3-7-13(12)16(14)19;1-3-19-12(17)9-16-13(18)11(21-14(16)20)7-6-10-5-4-8-15(10)2;1-3-18-11(16)8-15-12(17)9(21-13(15)20)4-5-10-14(2)6-7-19-10;1-13-8-4-5-9(13)6-7-10-11(16)15(3)12(17)14(10)2;1-12-6-7-17-9(12)5-4-8-10(15)14(3)11(16)13(8)2;1-12-6-7-16-9(12)5-4-8-10(15)14(3)11(17)13(8)2;1-12-6-2-3-8(12)4-5-10-9(13)7-11(14)15-10/h2-3,6-9H,4-5,10H2,1H3;6-7H,3-5,8-9H2,1-2H3;4-5H,3,6-8H2,1-2H3;6-7H,4-5,8H2,1-3H3;2*4-5H,6-7H2,1-3H3;4-5H,2-3,6-7H2,1H3/b11-8+;10-6+,11-7+;9-4+,10-5-;9-6+,10-7+;2*8-4+,9-5-;8-4+,10-5+. The van der Waals surface area contributed by atoms with E-state index in [1.54, 1.807) is 131 Å². The van der Waals surface area contributed by atoms with E-state index in [0.717, 1.165) is 102 Å². The van der Waals surface area contributed by atoms with Crippen LogP contribution >= 0.6 is 72.4 Å². The summed E-state index contributed by atoms with van der Waals surface area (Å²) < 4.78 is 31.4. The Labute approximate surface area is 770 Å². The van der Waals surface area contributed by atoms with E-state index in [4.69, 9.17) is 77.3 Å². The number of likely N-dealkylation sites (tertiary alicyclic amines) is 4. The molecular weight excluding hydrogens is 1750 g/mol. The van der Waals surface area contributed by atoms with Gasteiger partial charge in [-0.25, -0.2) is 4.79 Å². The monoisotopic (exact) mass is 1860 g/mol. The maximum absolute atomic E-state index is 12.2. The molecule has 7 amide bonds. The molecule has 39 heteroatoms. The maximum atomic E-state index is 12.2. The van der Waals surface area contributed by atoms with Gasteiger partial charge in [-0.1, -0.05) is 72.2 Å². The van der Waals surface area contributed by atoms with E-state index in [0.29, 0.717) is 95.1 Å². The van der Waals surface area contributed by atoms with Crippen molar-refractivity contribution in [2.24, 2.45) is 0 Å². The van der Waals surface area contributed by atoms with Crippen molar-refractivity contribution < 1.29 is 86.0 Å². The number of amides is 7. The lowest BCUT2D eigenvalue weighted by Gasteiger charge is -2.12. The second kappa shape index (κ2) is 46.3. The van der Waals surface area contributed by atoms with Gasteiger partial charge in [-0.3, -0.25) is 82.1 Å². The lowest BCUT2D eigenvalue weighted by atomic mass is 10.1.